The molecule has 4 nitrogen and oxygen atoms in total. The van der Waals surface area contributed by atoms with E-state index in [0.717, 1.165) is 31.5 Å². The number of methoxy groups -OCH3 is 1. The highest BCUT2D eigenvalue weighted by atomic mass is 16.5. The molecule has 0 amide bonds. The molecule has 0 bridgehead atoms. The molecule has 1 aromatic carbocycles. The Bertz CT molecular complexity index is 485. The van der Waals surface area contributed by atoms with E-state index in [1.165, 1.54) is 12.7 Å². The van der Waals surface area contributed by atoms with Crippen molar-refractivity contribution in [1.29, 1.82) is 0 Å². The lowest BCUT2D eigenvalue weighted by atomic mass is 9.89. The zero-order valence-electron chi connectivity index (χ0n) is 11.8. The van der Waals surface area contributed by atoms with Gasteiger partial charge in [-0.3, -0.25) is 4.90 Å². The molecule has 0 saturated heterocycles. The Morgan fingerprint density at radius 3 is 2.74 bits per heavy atom. The van der Waals surface area contributed by atoms with Gasteiger partial charge in [0, 0.05) is 12.6 Å². The van der Waals surface area contributed by atoms with E-state index >= 15 is 0 Å². The fraction of sp³-hybridized carbons (Fsp3) is 0.533. The molecule has 0 spiro atoms. The van der Waals surface area contributed by atoms with Crippen LogP contribution in [0.1, 0.15) is 47.8 Å². The third kappa shape index (κ3) is 2.45. The van der Waals surface area contributed by atoms with Gasteiger partial charge >= 0.3 is 5.97 Å². The summed E-state index contributed by atoms with van der Waals surface area (Å²) in [6.45, 7) is 6.34. The van der Waals surface area contributed by atoms with Crippen LogP contribution in [0.2, 0.25) is 0 Å². The van der Waals surface area contributed by atoms with Gasteiger partial charge in [0.25, 0.3) is 0 Å². The van der Waals surface area contributed by atoms with Crippen LogP contribution < -0.4 is 4.74 Å². The SMILES string of the molecule is CCC1c2cc(OC)c(C(=O)O)cc2CCN1CC. The molecule has 104 valence electrons. The van der Waals surface area contributed by atoms with E-state index in [9.17, 15) is 9.90 Å². The molecule has 0 aromatic heterocycles. The van der Waals surface area contributed by atoms with Crippen molar-refractivity contribution in [2.45, 2.75) is 32.7 Å². The summed E-state index contributed by atoms with van der Waals surface area (Å²) in [6, 6.07) is 4.06. The predicted octanol–water partition coefficient (Wildman–Crippen LogP) is 2.72. The minimum absolute atomic E-state index is 0.265. The third-order valence-corrected chi connectivity index (χ3v) is 3.95. The molecule has 1 aliphatic heterocycles. The van der Waals surface area contributed by atoms with E-state index in [0.29, 0.717) is 11.8 Å². The molecule has 1 N–H and O–H groups in total. The maximum atomic E-state index is 11.2. The molecule has 1 aliphatic rings. The Morgan fingerprint density at radius 1 is 1.47 bits per heavy atom. The maximum absolute atomic E-state index is 11.2. The van der Waals surface area contributed by atoms with Crippen LogP contribution in [0.15, 0.2) is 12.1 Å². The number of benzene rings is 1. The van der Waals surface area contributed by atoms with Crippen LogP contribution in [0.5, 0.6) is 5.75 Å². The van der Waals surface area contributed by atoms with E-state index in [2.05, 4.69) is 18.7 Å². The van der Waals surface area contributed by atoms with Crippen molar-refractivity contribution in [2.75, 3.05) is 20.2 Å². The number of likely N-dealkylation sites (N-methyl/N-ethyl adjacent to an activating group) is 1. The van der Waals surface area contributed by atoms with Gasteiger partial charge in [-0.1, -0.05) is 13.8 Å². The molecule has 1 heterocycles. The highest BCUT2D eigenvalue weighted by Gasteiger charge is 2.27. The van der Waals surface area contributed by atoms with E-state index in [4.69, 9.17) is 4.74 Å². The first-order valence-electron chi connectivity index (χ1n) is 6.80. The van der Waals surface area contributed by atoms with Crippen molar-refractivity contribution in [3.63, 3.8) is 0 Å². The lowest BCUT2D eigenvalue weighted by Gasteiger charge is -2.36. The number of carboxylic acids is 1. The molecule has 19 heavy (non-hydrogen) atoms. The summed E-state index contributed by atoms with van der Waals surface area (Å²) in [5.41, 5.74) is 2.63. The maximum Gasteiger partial charge on any atom is 0.339 e. The Hall–Kier alpha value is -1.55. The van der Waals surface area contributed by atoms with Crippen molar-refractivity contribution in [2.24, 2.45) is 0 Å². The van der Waals surface area contributed by atoms with Crippen molar-refractivity contribution in [3.8, 4) is 5.75 Å². The second-order valence-corrected chi connectivity index (χ2v) is 4.86. The summed E-state index contributed by atoms with van der Waals surface area (Å²) < 4.78 is 5.24. The van der Waals surface area contributed by atoms with Gasteiger partial charge in [0.2, 0.25) is 0 Å². The monoisotopic (exact) mass is 263 g/mol. The number of carboxylic acid groups (broad SMARTS) is 1. The van der Waals surface area contributed by atoms with Crippen molar-refractivity contribution in [1.82, 2.24) is 4.90 Å². The van der Waals surface area contributed by atoms with Crippen molar-refractivity contribution in [3.05, 3.63) is 28.8 Å². The molecule has 1 atom stereocenters. The van der Waals surface area contributed by atoms with E-state index in [-0.39, 0.29) is 5.56 Å². The van der Waals surface area contributed by atoms with Gasteiger partial charge in [0.05, 0.1) is 7.11 Å². The zero-order valence-corrected chi connectivity index (χ0v) is 11.8. The van der Waals surface area contributed by atoms with Crippen molar-refractivity contribution >= 4 is 5.97 Å². The summed E-state index contributed by atoms with van der Waals surface area (Å²) in [5, 5.41) is 9.23. The van der Waals surface area contributed by atoms with Gasteiger partial charge in [0.15, 0.2) is 0 Å². The Labute approximate surface area is 114 Å². The molecule has 0 radical (unpaired) electrons. The second-order valence-electron chi connectivity index (χ2n) is 4.86. The predicted molar refractivity (Wildman–Crippen MR) is 73.9 cm³/mol. The topological polar surface area (TPSA) is 49.8 Å². The minimum Gasteiger partial charge on any atom is -0.496 e. The molecule has 0 aliphatic carbocycles. The van der Waals surface area contributed by atoms with Crippen LogP contribution in [-0.4, -0.2) is 36.2 Å². The molecule has 2 rings (SSSR count). The van der Waals surface area contributed by atoms with Gasteiger partial charge in [-0.05, 0) is 42.6 Å². The number of carbonyl (C=O) groups is 1. The first kappa shape index (κ1) is 13.9. The summed E-state index contributed by atoms with van der Waals surface area (Å²) >= 11 is 0. The van der Waals surface area contributed by atoms with Crippen LogP contribution in [0.25, 0.3) is 0 Å². The molecule has 4 heteroatoms. The Balaban J connectivity index is 2.51. The van der Waals surface area contributed by atoms with E-state index in [1.54, 1.807) is 6.07 Å². The number of nitrogens with zero attached hydrogens (tertiary/aromatic N) is 1. The second kappa shape index (κ2) is 5.61. The van der Waals surface area contributed by atoms with Crippen LogP contribution in [0.3, 0.4) is 0 Å². The fourth-order valence-corrected chi connectivity index (χ4v) is 2.98. The molecular weight excluding hydrogens is 242 g/mol. The number of aromatic carboxylic acids is 1. The smallest absolute Gasteiger partial charge is 0.339 e. The average Bonchev–Trinajstić information content (AvgIpc) is 2.44. The van der Waals surface area contributed by atoms with Crippen molar-refractivity contribution < 1.29 is 14.6 Å². The minimum atomic E-state index is -0.925. The Morgan fingerprint density at radius 2 is 2.21 bits per heavy atom. The van der Waals surface area contributed by atoms with Gasteiger partial charge in [-0.25, -0.2) is 4.79 Å². The van der Waals surface area contributed by atoms with Crippen LogP contribution >= 0.6 is 0 Å². The van der Waals surface area contributed by atoms with Gasteiger partial charge in [-0.15, -0.1) is 0 Å². The number of ether oxygens (including phenoxy) is 1. The first-order chi connectivity index (χ1) is 9.12. The molecular formula is C15H21NO3. The van der Waals surface area contributed by atoms with Gasteiger partial charge in [-0.2, -0.15) is 0 Å². The third-order valence-electron chi connectivity index (χ3n) is 3.95. The average molecular weight is 263 g/mol. The number of hydrogen-bond acceptors (Lipinski definition) is 3. The highest BCUT2D eigenvalue weighted by Crippen LogP contribution is 2.36. The Kier molecular flexibility index (Phi) is 4.10. The highest BCUT2D eigenvalue weighted by molar-refractivity contribution is 5.91. The lowest BCUT2D eigenvalue weighted by Crippen LogP contribution is -2.35. The summed E-state index contributed by atoms with van der Waals surface area (Å²) in [7, 11) is 1.52. The van der Waals surface area contributed by atoms with E-state index in [1.807, 2.05) is 6.07 Å². The first-order valence-corrected chi connectivity index (χ1v) is 6.80. The normalized spacial score (nSPS) is 19.0. The quantitative estimate of drug-likeness (QED) is 0.907. The van der Waals surface area contributed by atoms with Crippen LogP contribution in [-0.2, 0) is 6.42 Å². The molecule has 0 fully saturated rings. The van der Waals surface area contributed by atoms with Gasteiger partial charge < -0.3 is 9.84 Å². The largest absolute Gasteiger partial charge is 0.496 e. The van der Waals surface area contributed by atoms with E-state index < -0.39 is 5.97 Å². The number of hydrogen-bond donors (Lipinski definition) is 1. The zero-order chi connectivity index (χ0) is 14.0. The fourth-order valence-electron chi connectivity index (χ4n) is 2.98. The van der Waals surface area contributed by atoms with Crippen LogP contribution in [0.4, 0.5) is 0 Å². The summed E-state index contributed by atoms with van der Waals surface area (Å²) in [6.07, 6.45) is 1.93. The molecule has 1 unspecified atom stereocenters. The molecule has 0 saturated carbocycles. The number of fused-ring (bicyclic) bond motifs is 1. The summed E-state index contributed by atoms with van der Waals surface area (Å²) in [5.74, 6) is -0.465. The molecule has 1 aromatic rings. The standard InChI is InChI=1S/C15H21NO3/c1-4-13-11-9-14(19-3)12(15(17)18)8-10(11)6-7-16(13)5-2/h8-9,13H,4-7H2,1-3H3,(H,17,18). The van der Waals surface area contributed by atoms with Crippen LogP contribution in [0, 0.1) is 0 Å². The van der Waals surface area contributed by atoms with Gasteiger partial charge in [0.1, 0.15) is 11.3 Å². The lowest BCUT2D eigenvalue weighted by molar-refractivity contribution is 0.0693. The number of rotatable bonds is 4. The summed E-state index contributed by atoms with van der Waals surface area (Å²) in [4.78, 5) is 13.7.